The van der Waals surface area contributed by atoms with E-state index in [0.717, 1.165) is 19.0 Å². The van der Waals surface area contributed by atoms with Crippen LogP contribution in [0.15, 0.2) is 11.6 Å². The second-order valence-corrected chi connectivity index (χ2v) is 2.63. The first-order valence-corrected chi connectivity index (χ1v) is 3.85. The van der Waals surface area contributed by atoms with E-state index >= 15 is 0 Å². The quantitative estimate of drug-likeness (QED) is 0.596. The Morgan fingerprint density at radius 2 is 2.33 bits per heavy atom. The van der Waals surface area contributed by atoms with E-state index in [9.17, 15) is 0 Å². The molecule has 0 radical (unpaired) electrons. The molecule has 1 N–H and O–H groups in total. The Kier molecular flexibility index (Phi) is 3.09. The fourth-order valence-electron chi connectivity index (χ4n) is 0.721. The molecule has 9 heavy (non-hydrogen) atoms. The van der Waals surface area contributed by atoms with Crippen molar-refractivity contribution in [3.05, 3.63) is 11.6 Å². The number of rotatable bonds is 4. The van der Waals surface area contributed by atoms with Crippen LogP contribution < -0.4 is 5.32 Å². The van der Waals surface area contributed by atoms with E-state index < -0.39 is 0 Å². The fraction of sp³-hybridized carbons (Fsp3) is 0.714. The smallest absolute Gasteiger partial charge is 0.00683 e. The fourth-order valence-corrected chi connectivity index (χ4v) is 0.847. The van der Waals surface area contributed by atoms with Crippen LogP contribution in [0, 0.1) is 0 Å². The minimum atomic E-state index is 0.828. The van der Waals surface area contributed by atoms with Gasteiger partial charge in [0.15, 0.2) is 0 Å². The molecule has 0 atom stereocenters. The van der Waals surface area contributed by atoms with Crippen LogP contribution in [0.4, 0.5) is 0 Å². The summed E-state index contributed by atoms with van der Waals surface area (Å²) in [4.78, 5) is 0. The number of nitrogens with one attached hydrogen (secondary N) is 1. The van der Waals surface area contributed by atoms with E-state index in [0.29, 0.717) is 0 Å². The molecule has 0 amide bonds. The molecule has 1 fully saturated rings. The van der Waals surface area contributed by atoms with Crippen LogP contribution in [-0.2, 0) is 0 Å². The summed E-state index contributed by atoms with van der Waals surface area (Å²) in [7, 11) is 0. The Balaban J connectivity index is 1.81. The van der Waals surface area contributed by atoms with Crippen LogP contribution in [0.3, 0.4) is 0 Å². The molecule has 52 valence electrons. The Bertz CT molecular complexity index is 97.1. The topological polar surface area (TPSA) is 12.0 Å². The molecular formula is C7H12ClN. The van der Waals surface area contributed by atoms with E-state index in [-0.39, 0.29) is 0 Å². The molecule has 0 aromatic carbocycles. The molecule has 0 heterocycles. The number of hydrogen-bond donors (Lipinski definition) is 1. The van der Waals surface area contributed by atoms with Gasteiger partial charge in [0.05, 0.1) is 0 Å². The van der Waals surface area contributed by atoms with Gasteiger partial charge in [0.1, 0.15) is 0 Å². The van der Waals surface area contributed by atoms with Gasteiger partial charge in [0.2, 0.25) is 0 Å². The average molecular weight is 146 g/mol. The molecule has 1 saturated carbocycles. The van der Waals surface area contributed by atoms with Gasteiger partial charge in [-0.1, -0.05) is 17.7 Å². The summed E-state index contributed by atoms with van der Waals surface area (Å²) in [6.07, 6.45) is 5.76. The molecule has 1 aliphatic rings. The van der Waals surface area contributed by atoms with Crippen molar-refractivity contribution in [2.24, 2.45) is 0 Å². The molecule has 1 rings (SSSR count). The molecule has 1 nitrogen and oxygen atoms in total. The summed E-state index contributed by atoms with van der Waals surface area (Å²) < 4.78 is 0. The lowest BCUT2D eigenvalue weighted by Crippen LogP contribution is -2.16. The Morgan fingerprint density at radius 3 is 2.89 bits per heavy atom. The monoisotopic (exact) mass is 145 g/mol. The van der Waals surface area contributed by atoms with Crippen molar-refractivity contribution in [2.45, 2.75) is 25.3 Å². The van der Waals surface area contributed by atoms with Gasteiger partial charge in [-0.05, 0) is 25.8 Å². The van der Waals surface area contributed by atoms with Crippen LogP contribution in [0.2, 0.25) is 0 Å². The summed E-state index contributed by atoms with van der Waals surface area (Å²) in [5, 5.41) is 3.38. The first kappa shape index (κ1) is 7.10. The van der Waals surface area contributed by atoms with Crippen LogP contribution in [0.1, 0.15) is 19.3 Å². The third kappa shape index (κ3) is 3.55. The minimum absolute atomic E-state index is 0.828. The van der Waals surface area contributed by atoms with Crippen molar-refractivity contribution in [3.63, 3.8) is 0 Å². The van der Waals surface area contributed by atoms with Gasteiger partial charge < -0.3 is 5.32 Å². The first-order valence-electron chi connectivity index (χ1n) is 3.42. The van der Waals surface area contributed by atoms with Crippen molar-refractivity contribution in [1.29, 1.82) is 0 Å². The van der Waals surface area contributed by atoms with Gasteiger partial charge in [-0.2, -0.15) is 0 Å². The summed E-state index contributed by atoms with van der Waals surface area (Å²) >= 11 is 5.32. The van der Waals surface area contributed by atoms with Crippen molar-refractivity contribution >= 4 is 11.6 Å². The van der Waals surface area contributed by atoms with Crippen molar-refractivity contribution < 1.29 is 0 Å². The Hall–Kier alpha value is -0.0100. The van der Waals surface area contributed by atoms with E-state index in [1.807, 2.05) is 6.08 Å². The molecule has 0 unspecified atom stereocenters. The van der Waals surface area contributed by atoms with Crippen LogP contribution >= 0.6 is 11.6 Å². The minimum Gasteiger partial charge on any atom is -0.314 e. The lowest BCUT2D eigenvalue weighted by molar-refractivity contribution is 0.690. The van der Waals surface area contributed by atoms with Crippen molar-refractivity contribution in [1.82, 2.24) is 5.32 Å². The standard InChI is InChI=1S/C7H12ClN/c8-5-1-2-6-9-7-3-4-7/h1,5,7,9H,2-4,6H2/b5-1+. The normalized spacial score (nSPS) is 19.2. The molecule has 0 saturated heterocycles. The molecule has 2 heteroatoms. The molecule has 0 aliphatic heterocycles. The van der Waals surface area contributed by atoms with Gasteiger partial charge in [-0.15, -0.1) is 0 Å². The molecular weight excluding hydrogens is 134 g/mol. The van der Waals surface area contributed by atoms with Gasteiger partial charge >= 0.3 is 0 Å². The third-order valence-electron chi connectivity index (χ3n) is 1.41. The van der Waals surface area contributed by atoms with Gasteiger partial charge in [-0.3, -0.25) is 0 Å². The van der Waals surface area contributed by atoms with Gasteiger partial charge in [0.25, 0.3) is 0 Å². The van der Waals surface area contributed by atoms with E-state index in [2.05, 4.69) is 5.32 Å². The molecule has 1 aliphatic carbocycles. The highest BCUT2D eigenvalue weighted by molar-refractivity contribution is 6.25. The lowest BCUT2D eigenvalue weighted by Gasteiger charge is -1.95. The third-order valence-corrected chi connectivity index (χ3v) is 1.59. The predicted octanol–water partition coefficient (Wildman–Crippen LogP) is 1.88. The maximum absolute atomic E-state index is 5.32. The van der Waals surface area contributed by atoms with Gasteiger partial charge in [0, 0.05) is 11.6 Å². The highest BCUT2D eigenvalue weighted by Crippen LogP contribution is 2.18. The largest absolute Gasteiger partial charge is 0.314 e. The zero-order valence-corrected chi connectivity index (χ0v) is 6.19. The number of halogens is 1. The molecule has 0 aromatic rings. The Labute approximate surface area is 61.1 Å². The second-order valence-electron chi connectivity index (χ2n) is 2.38. The highest BCUT2D eigenvalue weighted by atomic mass is 35.5. The first-order chi connectivity index (χ1) is 4.43. The van der Waals surface area contributed by atoms with Gasteiger partial charge in [-0.25, -0.2) is 0 Å². The van der Waals surface area contributed by atoms with E-state index in [4.69, 9.17) is 11.6 Å². The zero-order valence-electron chi connectivity index (χ0n) is 5.44. The highest BCUT2D eigenvalue weighted by Gasteiger charge is 2.18. The Morgan fingerprint density at radius 1 is 1.56 bits per heavy atom. The maximum atomic E-state index is 5.32. The summed E-state index contributed by atoms with van der Waals surface area (Å²) in [5.74, 6) is 0. The van der Waals surface area contributed by atoms with Crippen LogP contribution in [-0.4, -0.2) is 12.6 Å². The molecule has 0 aromatic heterocycles. The molecule has 0 bridgehead atoms. The average Bonchev–Trinajstić information content (AvgIpc) is 2.63. The van der Waals surface area contributed by atoms with E-state index in [1.54, 1.807) is 5.54 Å². The lowest BCUT2D eigenvalue weighted by atomic mass is 10.4. The molecule has 0 spiro atoms. The summed E-state index contributed by atoms with van der Waals surface area (Å²) in [6, 6.07) is 0.828. The number of hydrogen-bond acceptors (Lipinski definition) is 1. The van der Waals surface area contributed by atoms with Crippen LogP contribution in [0.5, 0.6) is 0 Å². The van der Waals surface area contributed by atoms with Crippen LogP contribution in [0.25, 0.3) is 0 Å². The van der Waals surface area contributed by atoms with Crippen molar-refractivity contribution in [3.8, 4) is 0 Å². The SMILES string of the molecule is Cl/C=C/CCNC1CC1. The van der Waals surface area contributed by atoms with E-state index in [1.165, 1.54) is 12.8 Å². The summed E-state index contributed by atoms with van der Waals surface area (Å²) in [5.41, 5.74) is 1.58. The van der Waals surface area contributed by atoms with Crippen molar-refractivity contribution in [2.75, 3.05) is 6.54 Å². The summed E-state index contributed by atoms with van der Waals surface area (Å²) in [6.45, 7) is 1.08. The second kappa shape index (κ2) is 3.91. The maximum Gasteiger partial charge on any atom is 0.00683 e. The zero-order chi connectivity index (χ0) is 6.53. The predicted molar refractivity (Wildman–Crippen MR) is 40.6 cm³/mol.